The van der Waals surface area contributed by atoms with Crippen LogP contribution in [-0.4, -0.2) is 51.8 Å². The second kappa shape index (κ2) is 5.62. The number of likely N-dealkylation sites (tertiary alicyclic amines) is 1. The SMILES string of the molecule is CC(=O)N1Cc2cc3c(cc2C24C=CC(=O)C[C@@H]2N(C(C)(C)C)C(=O)[C@@H]14)OCO3. The Balaban J connectivity index is 1.82. The molecule has 2 amide bonds. The molecule has 0 bridgehead atoms. The summed E-state index contributed by atoms with van der Waals surface area (Å²) < 4.78 is 11.2. The number of hydrogen-bond acceptors (Lipinski definition) is 5. The molecule has 1 aliphatic carbocycles. The Bertz CT molecular complexity index is 992. The van der Waals surface area contributed by atoms with E-state index in [1.807, 2.05) is 43.9 Å². The molecule has 7 nitrogen and oxygen atoms in total. The molecular weight excluding hydrogens is 372 g/mol. The standard InChI is InChI=1S/C22H24N2O5/c1-12(25)23-10-13-7-16-17(29-11-28-16)9-15(13)22-6-5-14(26)8-18(22)24(21(2,3)4)20(27)19(22)23/h5-7,9,18-19H,8,10-11H2,1-4H3/t18-,19+,22?/m0/s1. The van der Waals surface area contributed by atoms with Gasteiger partial charge in [0.1, 0.15) is 6.04 Å². The van der Waals surface area contributed by atoms with Gasteiger partial charge in [-0.15, -0.1) is 0 Å². The first-order chi connectivity index (χ1) is 13.6. The first-order valence-corrected chi connectivity index (χ1v) is 9.90. The van der Waals surface area contributed by atoms with Crippen molar-refractivity contribution in [2.45, 2.75) is 63.7 Å². The van der Waals surface area contributed by atoms with Gasteiger partial charge in [0.25, 0.3) is 0 Å². The smallest absolute Gasteiger partial charge is 0.247 e. The number of allylic oxidation sites excluding steroid dienone is 1. The molecule has 7 heteroatoms. The highest BCUT2D eigenvalue weighted by molar-refractivity contribution is 5.99. The van der Waals surface area contributed by atoms with E-state index in [1.54, 1.807) is 11.0 Å². The minimum absolute atomic E-state index is 0.00873. The predicted octanol–water partition coefficient (Wildman–Crippen LogP) is 1.92. The summed E-state index contributed by atoms with van der Waals surface area (Å²) in [7, 11) is 0. The fraction of sp³-hybridized carbons (Fsp3) is 0.500. The average Bonchev–Trinajstić information content (AvgIpc) is 3.18. The van der Waals surface area contributed by atoms with E-state index in [4.69, 9.17) is 9.47 Å². The largest absolute Gasteiger partial charge is 0.454 e. The van der Waals surface area contributed by atoms with Crippen molar-refractivity contribution < 1.29 is 23.9 Å². The molecule has 1 spiro atoms. The molecule has 29 heavy (non-hydrogen) atoms. The molecule has 0 radical (unpaired) electrons. The van der Waals surface area contributed by atoms with Gasteiger partial charge in [0.2, 0.25) is 18.6 Å². The van der Waals surface area contributed by atoms with Crippen LogP contribution in [0.25, 0.3) is 0 Å². The van der Waals surface area contributed by atoms with E-state index in [2.05, 4.69) is 0 Å². The number of hydrogen-bond donors (Lipinski definition) is 0. The molecule has 3 aliphatic heterocycles. The van der Waals surface area contributed by atoms with Gasteiger partial charge in [-0.25, -0.2) is 0 Å². The summed E-state index contributed by atoms with van der Waals surface area (Å²) in [5, 5.41) is 0. The van der Waals surface area contributed by atoms with Crippen molar-refractivity contribution >= 4 is 17.6 Å². The van der Waals surface area contributed by atoms with Gasteiger partial charge < -0.3 is 19.3 Å². The first kappa shape index (κ1) is 18.2. The number of carbonyl (C=O) groups is 3. The Morgan fingerprint density at radius 2 is 1.86 bits per heavy atom. The zero-order valence-corrected chi connectivity index (χ0v) is 17.0. The highest BCUT2D eigenvalue weighted by Crippen LogP contribution is 2.55. The van der Waals surface area contributed by atoms with Gasteiger partial charge in [0.05, 0.1) is 11.5 Å². The van der Waals surface area contributed by atoms with Crippen LogP contribution in [0.4, 0.5) is 0 Å². The van der Waals surface area contributed by atoms with Crippen LogP contribution in [0.1, 0.15) is 45.2 Å². The highest BCUT2D eigenvalue weighted by Gasteiger charge is 2.66. The molecule has 0 aromatic heterocycles. The maximum atomic E-state index is 13.7. The van der Waals surface area contributed by atoms with E-state index >= 15 is 0 Å². The molecule has 0 saturated carbocycles. The van der Waals surface area contributed by atoms with Crippen LogP contribution in [0.2, 0.25) is 0 Å². The number of ether oxygens (including phenoxy) is 2. The lowest BCUT2D eigenvalue weighted by Crippen LogP contribution is -2.58. The molecule has 152 valence electrons. The third-order valence-electron chi connectivity index (χ3n) is 6.57. The average molecular weight is 396 g/mol. The van der Waals surface area contributed by atoms with Crippen molar-refractivity contribution in [3.8, 4) is 11.5 Å². The Hall–Kier alpha value is -2.83. The lowest BCUT2D eigenvalue weighted by molar-refractivity contribution is -0.145. The maximum absolute atomic E-state index is 13.7. The van der Waals surface area contributed by atoms with Crippen molar-refractivity contribution in [1.82, 2.24) is 9.80 Å². The molecule has 1 aromatic carbocycles. The lowest BCUT2D eigenvalue weighted by atomic mass is 9.63. The Labute approximate surface area is 169 Å². The van der Waals surface area contributed by atoms with Crippen LogP contribution in [0, 0.1) is 0 Å². The number of rotatable bonds is 0. The summed E-state index contributed by atoms with van der Waals surface area (Å²) in [6.07, 6.45) is 3.66. The maximum Gasteiger partial charge on any atom is 0.247 e. The molecule has 5 rings (SSSR count). The van der Waals surface area contributed by atoms with Crippen molar-refractivity contribution in [3.05, 3.63) is 35.4 Å². The third-order valence-corrected chi connectivity index (χ3v) is 6.57. The zero-order chi connectivity index (χ0) is 20.7. The Morgan fingerprint density at radius 3 is 2.52 bits per heavy atom. The minimum atomic E-state index is -0.793. The highest BCUT2D eigenvalue weighted by atomic mass is 16.7. The van der Waals surface area contributed by atoms with E-state index in [9.17, 15) is 14.4 Å². The van der Waals surface area contributed by atoms with Crippen LogP contribution in [0.3, 0.4) is 0 Å². The zero-order valence-electron chi connectivity index (χ0n) is 17.0. The van der Waals surface area contributed by atoms with Crippen LogP contribution in [-0.2, 0) is 26.3 Å². The molecule has 1 unspecified atom stereocenters. The van der Waals surface area contributed by atoms with Gasteiger partial charge in [-0.1, -0.05) is 6.08 Å². The third kappa shape index (κ3) is 2.27. The van der Waals surface area contributed by atoms with Gasteiger partial charge in [0, 0.05) is 25.4 Å². The number of fused-ring (bicyclic) bond motifs is 2. The van der Waals surface area contributed by atoms with Crippen LogP contribution in [0.15, 0.2) is 24.3 Å². The molecule has 4 aliphatic rings. The van der Waals surface area contributed by atoms with Crippen LogP contribution < -0.4 is 9.47 Å². The van der Waals surface area contributed by atoms with Crippen molar-refractivity contribution in [2.75, 3.05) is 6.79 Å². The second-order valence-electron chi connectivity index (χ2n) is 9.24. The van der Waals surface area contributed by atoms with E-state index in [0.29, 0.717) is 18.0 Å². The van der Waals surface area contributed by atoms with Crippen molar-refractivity contribution in [2.24, 2.45) is 0 Å². The lowest BCUT2D eigenvalue weighted by Gasteiger charge is -2.48. The summed E-state index contributed by atoms with van der Waals surface area (Å²) in [4.78, 5) is 42.3. The van der Waals surface area contributed by atoms with Crippen molar-refractivity contribution in [3.63, 3.8) is 0 Å². The number of ketones is 1. The Morgan fingerprint density at radius 1 is 1.17 bits per heavy atom. The van der Waals surface area contributed by atoms with Crippen LogP contribution >= 0.6 is 0 Å². The predicted molar refractivity (Wildman–Crippen MR) is 103 cm³/mol. The van der Waals surface area contributed by atoms with Crippen LogP contribution in [0.5, 0.6) is 11.5 Å². The summed E-state index contributed by atoms with van der Waals surface area (Å²) in [5.41, 5.74) is 0.584. The molecular formula is C22H24N2O5. The van der Waals surface area contributed by atoms with E-state index in [-0.39, 0.29) is 36.9 Å². The quantitative estimate of drug-likeness (QED) is 0.670. The number of benzene rings is 1. The monoisotopic (exact) mass is 396 g/mol. The number of carbonyl (C=O) groups excluding carboxylic acids is 3. The summed E-state index contributed by atoms with van der Waals surface area (Å²) in [6.45, 7) is 7.87. The topological polar surface area (TPSA) is 76.2 Å². The molecule has 3 atom stereocenters. The normalized spacial score (nSPS) is 29.7. The second-order valence-corrected chi connectivity index (χ2v) is 9.24. The number of amides is 2. The Kier molecular flexibility index (Phi) is 3.53. The fourth-order valence-electron chi connectivity index (χ4n) is 5.53. The molecule has 1 aromatic rings. The first-order valence-electron chi connectivity index (χ1n) is 9.90. The van der Waals surface area contributed by atoms with E-state index in [0.717, 1.165) is 11.1 Å². The van der Waals surface area contributed by atoms with Gasteiger partial charge in [-0.2, -0.15) is 0 Å². The summed E-state index contributed by atoms with van der Waals surface area (Å²) >= 11 is 0. The molecule has 0 N–H and O–H groups in total. The van der Waals surface area contributed by atoms with Crippen molar-refractivity contribution in [1.29, 1.82) is 0 Å². The molecule has 1 fully saturated rings. The van der Waals surface area contributed by atoms with E-state index in [1.165, 1.54) is 6.92 Å². The van der Waals surface area contributed by atoms with Gasteiger partial charge in [0.15, 0.2) is 17.3 Å². The van der Waals surface area contributed by atoms with Gasteiger partial charge in [-0.05, 0) is 50.1 Å². The molecule has 1 saturated heterocycles. The minimum Gasteiger partial charge on any atom is -0.454 e. The summed E-state index contributed by atoms with van der Waals surface area (Å²) in [5.74, 6) is 1.00. The number of nitrogens with zero attached hydrogens (tertiary/aromatic N) is 2. The fourth-order valence-corrected chi connectivity index (χ4v) is 5.53. The van der Waals surface area contributed by atoms with Gasteiger partial charge in [-0.3, -0.25) is 14.4 Å². The van der Waals surface area contributed by atoms with Gasteiger partial charge >= 0.3 is 0 Å². The summed E-state index contributed by atoms with van der Waals surface area (Å²) in [6, 6.07) is 2.80. The molecule has 3 heterocycles. The van der Waals surface area contributed by atoms with E-state index < -0.39 is 17.0 Å².